The SMILES string of the molecule is Cc1cc(NC(=O)c2cnc(N3CCOCC3)nc2C)no1. The molecule has 0 saturated carbocycles. The third-order valence-corrected chi connectivity index (χ3v) is 3.37. The monoisotopic (exact) mass is 303 g/mol. The van der Waals surface area contributed by atoms with Crippen LogP contribution in [0.15, 0.2) is 16.8 Å². The second-order valence-electron chi connectivity index (χ2n) is 5.05. The van der Waals surface area contributed by atoms with Gasteiger partial charge in [0.15, 0.2) is 5.82 Å². The van der Waals surface area contributed by atoms with E-state index in [1.54, 1.807) is 19.9 Å². The first kappa shape index (κ1) is 14.5. The van der Waals surface area contributed by atoms with Crippen molar-refractivity contribution in [3.8, 4) is 0 Å². The van der Waals surface area contributed by atoms with Crippen molar-refractivity contribution in [3.63, 3.8) is 0 Å². The van der Waals surface area contributed by atoms with Gasteiger partial charge in [-0.3, -0.25) is 4.79 Å². The van der Waals surface area contributed by atoms with Crippen LogP contribution < -0.4 is 10.2 Å². The van der Waals surface area contributed by atoms with E-state index >= 15 is 0 Å². The molecule has 2 aromatic rings. The van der Waals surface area contributed by atoms with Gasteiger partial charge in [0.2, 0.25) is 5.95 Å². The molecule has 8 nitrogen and oxygen atoms in total. The molecular weight excluding hydrogens is 286 g/mol. The second-order valence-corrected chi connectivity index (χ2v) is 5.05. The maximum absolute atomic E-state index is 12.2. The molecule has 3 heterocycles. The van der Waals surface area contributed by atoms with Crippen molar-refractivity contribution in [1.82, 2.24) is 15.1 Å². The molecule has 1 saturated heterocycles. The topological polar surface area (TPSA) is 93.4 Å². The maximum atomic E-state index is 12.2. The zero-order valence-corrected chi connectivity index (χ0v) is 12.5. The third kappa shape index (κ3) is 3.06. The first-order chi connectivity index (χ1) is 10.6. The lowest BCUT2D eigenvalue weighted by atomic mass is 10.2. The standard InChI is InChI=1S/C14H17N5O3/c1-9-7-12(18-22-9)17-13(20)11-8-15-14(16-10(11)2)19-3-5-21-6-4-19/h7-8H,3-6H2,1-2H3,(H,17,18,20). The van der Waals surface area contributed by atoms with E-state index in [-0.39, 0.29) is 5.91 Å². The minimum atomic E-state index is -0.306. The molecule has 2 aromatic heterocycles. The Hall–Kier alpha value is -2.48. The minimum absolute atomic E-state index is 0.306. The maximum Gasteiger partial charge on any atom is 0.260 e. The Kier molecular flexibility index (Phi) is 4.01. The van der Waals surface area contributed by atoms with Gasteiger partial charge in [0, 0.05) is 25.4 Å². The molecule has 8 heteroatoms. The van der Waals surface area contributed by atoms with E-state index in [4.69, 9.17) is 9.26 Å². The highest BCUT2D eigenvalue weighted by Crippen LogP contribution is 2.15. The number of amides is 1. The fraction of sp³-hybridized carbons (Fsp3) is 0.429. The lowest BCUT2D eigenvalue weighted by Gasteiger charge is -2.26. The van der Waals surface area contributed by atoms with Crippen molar-refractivity contribution in [2.45, 2.75) is 13.8 Å². The summed E-state index contributed by atoms with van der Waals surface area (Å²) in [6.07, 6.45) is 1.54. The van der Waals surface area contributed by atoms with Crippen LogP contribution in [-0.4, -0.2) is 47.3 Å². The fourth-order valence-corrected chi connectivity index (χ4v) is 2.20. The quantitative estimate of drug-likeness (QED) is 0.909. The summed E-state index contributed by atoms with van der Waals surface area (Å²) in [5.74, 6) is 1.32. The Morgan fingerprint density at radius 3 is 2.73 bits per heavy atom. The number of morpholine rings is 1. The largest absolute Gasteiger partial charge is 0.378 e. The number of nitrogens with zero attached hydrogens (tertiary/aromatic N) is 4. The van der Waals surface area contributed by atoms with Gasteiger partial charge in [-0.1, -0.05) is 5.16 Å². The number of nitrogens with one attached hydrogen (secondary N) is 1. The van der Waals surface area contributed by atoms with Crippen molar-refractivity contribution in [2.24, 2.45) is 0 Å². The van der Waals surface area contributed by atoms with Gasteiger partial charge in [-0.05, 0) is 13.8 Å². The van der Waals surface area contributed by atoms with Crippen LogP contribution in [0.2, 0.25) is 0 Å². The number of hydrogen-bond donors (Lipinski definition) is 1. The number of rotatable bonds is 3. The number of ether oxygens (including phenoxy) is 1. The number of aryl methyl sites for hydroxylation is 2. The number of hydrogen-bond acceptors (Lipinski definition) is 7. The number of anilines is 2. The van der Waals surface area contributed by atoms with E-state index < -0.39 is 0 Å². The lowest BCUT2D eigenvalue weighted by Crippen LogP contribution is -2.37. The smallest absolute Gasteiger partial charge is 0.260 e. The number of aromatic nitrogens is 3. The average Bonchev–Trinajstić information content (AvgIpc) is 2.93. The summed E-state index contributed by atoms with van der Waals surface area (Å²) in [5.41, 5.74) is 1.03. The average molecular weight is 303 g/mol. The number of carbonyl (C=O) groups excluding carboxylic acids is 1. The summed E-state index contributed by atoms with van der Waals surface area (Å²) in [7, 11) is 0. The molecule has 1 amide bonds. The van der Waals surface area contributed by atoms with Gasteiger partial charge in [-0.2, -0.15) is 0 Å². The Bertz CT molecular complexity index is 679. The summed E-state index contributed by atoms with van der Waals surface area (Å²) in [4.78, 5) is 23.0. The molecule has 0 unspecified atom stereocenters. The molecule has 1 aliphatic heterocycles. The van der Waals surface area contributed by atoms with Crippen LogP contribution in [0.25, 0.3) is 0 Å². The highest BCUT2D eigenvalue weighted by molar-refractivity contribution is 6.04. The predicted molar refractivity (Wildman–Crippen MR) is 79.0 cm³/mol. The first-order valence-electron chi connectivity index (χ1n) is 7.04. The zero-order valence-electron chi connectivity index (χ0n) is 12.5. The van der Waals surface area contributed by atoms with E-state index in [0.29, 0.717) is 42.0 Å². The Morgan fingerprint density at radius 1 is 1.32 bits per heavy atom. The van der Waals surface area contributed by atoms with Gasteiger partial charge in [0.05, 0.1) is 24.5 Å². The van der Waals surface area contributed by atoms with E-state index in [1.165, 1.54) is 6.20 Å². The van der Waals surface area contributed by atoms with Gasteiger partial charge in [-0.25, -0.2) is 9.97 Å². The molecule has 1 N–H and O–H groups in total. The molecule has 22 heavy (non-hydrogen) atoms. The number of carbonyl (C=O) groups is 1. The van der Waals surface area contributed by atoms with Crippen LogP contribution in [0.4, 0.5) is 11.8 Å². The summed E-state index contributed by atoms with van der Waals surface area (Å²) in [6.45, 7) is 6.38. The van der Waals surface area contributed by atoms with E-state index in [1.807, 2.05) is 4.90 Å². The fourth-order valence-electron chi connectivity index (χ4n) is 2.20. The Balaban J connectivity index is 1.75. The summed E-state index contributed by atoms with van der Waals surface area (Å²) >= 11 is 0. The summed E-state index contributed by atoms with van der Waals surface area (Å²) in [5, 5.41) is 6.39. The van der Waals surface area contributed by atoms with Gasteiger partial charge < -0.3 is 19.5 Å². The molecule has 1 fully saturated rings. The molecule has 116 valence electrons. The minimum Gasteiger partial charge on any atom is -0.378 e. The Morgan fingerprint density at radius 2 is 2.09 bits per heavy atom. The summed E-state index contributed by atoms with van der Waals surface area (Å²) < 4.78 is 10.2. The van der Waals surface area contributed by atoms with Crippen molar-refractivity contribution < 1.29 is 14.1 Å². The van der Waals surface area contributed by atoms with Gasteiger partial charge in [-0.15, -0.1) is 0 Å². The lowest BCUT2D eigenvalue weighted by molar-refractivity contribution is 0.102. The highest BCUT2D eigenvalue weighted by Gasteiger charge is 2.18. The highest BCUT2D eigenvalue weighted by atomic mass is 16.5. The molecule has 3 rings (SSSR count). The molecule has 1 aliphatic rings. The zero-order chi connectivity index (χ0) is 15.5. The molecule has 0 radical (unpaired) electrons. The second kappa shape index (κ2) is 6.10. The van der Waals surface area contributed by atoms with Crippen LogP contribution >= 0.6 is 0 Å². The van der Waals surface area contributed by atoms with Gasteiger partial charge >= 0.3 is 0 Å². The Labute approximate surface area is 127 Å². The van der Waals surface area contributed by atoms with Gasteiger partial charge in [0.25, 0.3) is 5.91 Å². The van der Waals surface area contributed by atoms with Crippen molar-refractivity contribution in [1.29, 1.82) is 0 Å². The molecule has 0 aromatic carbocycles. The molecule has 0 spiro atoms. The molecular formula is C14H17N5O3. The molecule has 0 atom stereocenters. The van der Waals surface area contributed by atoms with E-state index in [0.717, 1.165) is 13.1 Å². The molecule has 0 aliphatic carbocycles. The third-order valence-electron chi connectivity index (χ3n) is 3.37. The van der Waals surface area contributed by atoms with E-state index in [2.05, 4.69) is 20.4 Å². The van der Waals surface area contributed by atoms with Crippen LogP contribution in [0.5, 0.6) is 0 Å². The first-order valence-corrected chi connectivity index (χ1v) is 7.04. The van der Waals surface area contributed by atoms with Crippen LogP contribution in [0.1, 0.15) is 21.8 Å². The van der Waals surface area contributed by atoms with Crippen LogP contribution in [0, 0.1) is 13.8 Å². The van der Waals surface area contributed by atoms with Crippen molar-refractivity contribution in [2.75, 3.05) is 36.5 Å². The van der Waals surface area contributed by atoms with Gasteiger partial charge in [0.1, 0.15) is 5.76 Å². The van der Waals surface area contributed by atoms with Crippen LogP contribution in [-0.2, 0) is 4.74 Å². The van der Waals surface area contributed by atoms with E-state index in [9.17, 15) is 4.79 Å². The van der Waals surface area contributed by atoms with Crippen LogP contribution in [0.3, 0.4) is 0 Å². The van der Waals surface area contributed by atoms with Crippen molar-refractivity contribution >= 4 is 17.7 Å². The summed E-state index contributed by atoms with van der Waals surface area (Å²) in [6, 6.07) is 1.65. The molecule has 0 bridgehead atoms. The van der Waals surface area contributed by atoms with Crippen molar-refractivity contribution in [3.05, 3.63) is 29.3 Å². The predicted octanol–water partition coefficient (Wildman–Crippen LogP) is 1.17. The normalized spacial score (nSPS) is 14.9.